The van der Waals surface area contributed by atoms with Gasteiger partial charge in [-0.2, -0.15) is 0 Å². The molecule has 0 aromatic carbocycles. The second kappa shape index (κ2) is 15.6. The summed E-state index contributed by atoms with van der Waals surface area (Å²) < 4.78 is 0. The third kappa shape index (κ3) is 24.6. The number of carbonyl (C=O) groups is 1. The van der Waals surface area contributed by atoms with Gasteiger partial charge in [0.25, 0.3) is 0 Å². The Bertz CT molecular complexity index is 153. The molecule has 0 rings (SSSR count). The molecule has 0 radical (unpaired) electrons. The largest absolute Gasteiger partial charge is 0.481 e. The Kier molecular flexibility index (Phi) is 17.3. The highest BCUT2D eigenvalue weighted by Crippen LogP contribution is 1.97. The summed E-state index contributed by atoms with van der Waals surface area (Å²) in [7, 11) is 0. The number of allylic oxidation sites excluding steroid dienone is 1. The van der Waals surface area contributed by atoms with Gasteiger partial charge in [0.1, 0.15) is 0 Å². The maximum absolute atomic E-state index is 9.87. The lowest BCUT2D eigenvalue weighted by Crippen LogP contribution is -1.92. The average Bonchev–Trinajstić information content (AvgIpc) is 2.20. The molecule has 3 nitrogen and oxygen atoms in total. The van der Waals surface area contributed by atoms with Crippen LogP contribution < -0.4 is 0 Å². The smallest absolute Gasteiger partial charge is 0.303 e. The van der Waals surface area contributed by atoms with Crippen LogP contribution in [0.25, 0.3) is 0 Å². The van der Waals surface area contributed by atoms with E-state index in [2.05, 4.69) is 19.9 Å². The van der Waals surface area contributed by atoms with Crippen molar-refractivity contribution in [2.24, 2.45) is 0 Å². The highest BCUT2D eigenvalue weighted by Gasteiger charge is 1.92. The van der Waals surface area contributed by atoms with E-state index in [1.54, 1.807) is 0 Å². The van der Waals surface area contributed by atoms with Crippen LogP contribution in [0.3, 0.4) is 0 Å². The minimum absolute atomic E-state index is 0.274. The van der Waals surface area contributed by atoms with E-state index in [0.29, 0.717) is 6.42 Å². The quantitative estimate of drug-likeness (QED) is 0.508. The minimum Gasteiger partial charge on any atom is -0.481 e. The van der Waals surface area contributed by atoms with Crippen LogP contribution in [0.15, 0.2) is 12.2 Å². The van der Waals surface area contributed by atoms with Gasteiger partial charge in [-0.05, 0) is 19.3 Å². The Labute approximate surface area is 92.8 Å². The molecule has 0 aliphatic heterocycles. The van der Waals surface area contributed by atoms with Gasteiger partial charge in [0.15, 0.2) is 0 Å². The van der Waals surface area contributed by atoms with E-state index in [4.69, 9.17) is 10.2 Å². The van der Waals surface area contributed by atoms with Crippen LogP contribution in [0.4, 0.5) is 0 Å². The summed E-state index contributed by atoms with van der Waals surface area (Å²) in [5, 5.41) is 16.4. The molecule has 0 atom stereocenters. The van der Waals surface area contributed by atoms with E-state index < -0.39 is 5.97 Å². The first-order valence-electron chi connectivity index (χ1n) is 5.66. The number of aliphatic carboxylic acids is 1. The lowest BCUT2D eigenvalue weighted by molar-refractivity contribution is -0.137. The fourth-order valence-corrected chi connectivity index (χ4v) is 0.885. The first-order valence-corrected chi connectivity index (χ1v) is 5.66. The van der Waals surface area contributed by atoms with E-state index in [9.17, 15) is 4.79 Å². The van der Waals surface area contributed by atoms with Crippen molar-refractivity contribution in [2.75, 3.05) is 6.61 Å². The number of hydrogen-bond donors (Lipinski definition) is 2. The average molecular weight is 216 g/mol. The first-order chi connectivity index (χ1) is 7.18. The van der Waals surface area contributed by atoms with E-state index in [-0.39, 0.29) is 6.61 Å². The summed E-state index contributed by atoms with van der Waals surface area (Å²) in [6.45, 7) is 4.41. The molecule has 15 heavy (non-hydrogen) atoms. The monoisotopic (exact) mass is 216 g/mol. The molecule has 0 aliphatic carbocycles. The Morgan fingerprint density at radius 1 is 1.20 bits per heavy atom. The molecule has 0 unspecified atom stereocenters. The van der Waals surface area contributed by atoms with Gasteiger partial charge >= 0.3 is 5.97 Å². The van der Waals surface area contributed by atoms with Gasteiger partial charge in [0.2, 0.25) is 0 Å². The van der Waals surface area contributed by atoms with Crippen LogP contribution in [0.2, 0.25) is 0 Å². The van der Waals surface area contributed by atoms with Gasteiger partial charge in [-0.25, -0.2) is 0 Å². The molecule has 90 valence electrons. The van der Waals surface area contributed by atoms with Crippen molar-refractivity contribution in [3.8, 4) is 0 Å². The van der Waals surface area contributed by atoms with Crippen molar-refractivity contribution in [2.45, 2.75) is 52.4 Å². The van der Waals surface area contributed by atoms with E-state index in [1.165, 1.54) is 0 Å². The summed E-state index contributed by atoms with van der Waals surface area (Å²) in [5.74, 6) is -0.682. The Hall–Kier alpha value is -0.830. The van der Waals surface area contributed by atoms with Crippen molar-refractivity contribution >= 4 is 5.97 Å². The van der Waals surface area contributed by atoms with Crippen LogP contribution in [0.1, 0.15) is 52.4 Å². The molecule has 0 aromatic heterocycles. The highest BCUT2D eigenvalue weighted by atomic mass is 16.4. The molecule has 0 bridgehead atoms. The maximum atomic E-state index is 9.87. The number of hydrogen-bond acceptors (Lipinski definition) is 2. The van der Waals surface area contributed by atoms with E-state index in [1.807, 2.05) is 6.08 Å². The minimum atomic E-state index is -0.682. The van der Waals surface area contributed by atoms with Crippen molar-refractivity contribution < 1.29 is 15.0 Å². The van der Waals surface area contributed by atoms with Crippen LogP contribution in [-0.2, 0) is 4.79 Å². The van der Waals surface area contributed by atoms with Gasteiger partial charge in [-0.3, -0.25) is 4.79 Å². The van der Waals surface area contributed by atoms with Crippen molar-refractivity contribution in [3.63, 3.8) is 0 Å². The van der Waals surface area contributed by atoms with Crippen molar-refractivity contribution in [3.05, 3.63) is 12.2 Å². The predicted octanol–water partition coefficient (Wildman–Crippen LogP) is 2.99. The van der Waals surface area contributed by atoms with Crippen molar-refractivity contribution in [1.82, 2.24) is 0 Å². The zero-order chi connectivity index (χ0) is 11.9. The van der Waals surface area contributed by atoms with Crippen molar-refractivity contribution in [1.29, 1.82) is 0 Å². The van der Waals surface area contributed by atoms with Crippen LogP contribution in [0, 0.1) is 0 Å². The summed E-state index contributed by atoms with van der Waals surface area (Å²) in [6.07, 6.45) is 9.18. The van der Waals surface area contributed by atoms with Gasteiger partial charge in [0.05, 0.1) is 0 Å². The molecule has 0 aliphatic rings. The van der Waals surface area contributed by atoms with Gasteiger partial charge in [-0.15, -0.1) is 0 Å². The fraction of sp³-hybridized carbons (Fsp3) is 0.750. The summed E-state index contributed by atoms with van der Waals surface area (Å²) in [6, 6.07) is 0. The SMILES string of the molecule is CCC=CCCO.CCCCCC(=O)O. The lowest BCUT2D eigenvalue weighted by atomic mass is 10.2. The van der Waals surface area contributed by atoms with E-state index >= 15 is 0 Å². The molecule has 2 N–H and O–H groups in total. The number of aliphatic hydroxyl groups excluding tert-OH is 1. The van der Waals surface area contributed by atoms with Crippen LogP contribution in [-0.4, -0.2) is 22.8 Å². The maximum Gasteiger partial charge on any atom is 0.303 e. The number of carboxylic acids is 1. The third-order valence-corrected chi connectivity index (χ3v) is 1.69. The normalized spacial score (nSPS) is 9.80. The Balaban J connectivity index is 0. The Morgan fingerprint density at radius 3 is 2.27 bits per heavy atom. The molecule has 0 amide bonds. The molecular formula is C12H24O3. The number of unbranched alkanes of at least 4 members (excludes halogenated alkanes) is 2. The predicted molar refractivity (Wildman–Crippen MR) is 62.9 cm³/mol. The molecule has 0 fully saturated rings. The molecule has 0 saturated heterocycles. The topological polar surface area (TPSA) is 57.5 Å². The number of rotatable bonds is 7. The standard InChI is InChI=1S/C6H12O2.C6H12O/c1-2-3-4-5-6(7)8;1-2-3-4-5-6-7/h2-5H2,1H3,(H,7,8);3-4,7H,2,5-6H2,1H3. The molecule has 3 heteroatoms. The van der Waals surface area contributed by atoms with Gasteiger partial charge in [-0.1, -0.05) is 38.8 Å². The highest BCUT2D eigenvalue weighted by molar-refractivity contribution is 5.66. The second-order valence-electron chi connectivity index (χ2n) is 3.24. The summed E-state index contributed by atoms with van der Waals surface area (Å²) in [5.41, 5.74) is 0. The zero-order valence-corrected chi connectivity index (χ0v) is 9.91. The lowest BCUT2D eigenvalue weighted by Gasteiger charge is -1.89. The van der Waals surface area contributed by atoms with Crippen LogP contribution in [0.5, 0.6) is 0 Å². The molecule has 0 saturated carbocycles. The first kappa shape index (κ1) is 16.6. The van der Waals surface area contributed by atoms with Gasteiger partial charge < -0.3 is 10.2 Å². The second-order valence-corrected chi connectivity index (χ2v) is 3.24. The summed E-state index contributed by atoms with van der Waals surface area (Å²) >= 11 is 0. The molecule has 0 spiro atoms. The molecule has 0 heterocycles. The molecular weight excluding hydrogens is 192 g/mol. The van der Waals surface area contributed by atoms with Gasteiger partial charge in [0, 0.05) is 13.0 Å². The zero-order valence-electron chi connectivity index (χ0n) is 9.91. The number of carboxylic acid groups (broad SMARTS) is 1. The summed E-state index contributed by atoms with van der Waals surface area (Å²) in [4.78, 5) is 9.87. The fourth-order valence-electron chi connectivity index (χ4n) is 0.885. The number of aliphatic hydroxyl groups is 1. The van der Waals surface area contributed by atoms with Crippen LogP contribution >= 0.6 is 0 Å². The molecule has 0 aromatic rings. The Morgan fingerprint density at radius 2 is 1.87 bits per heavy atom. The third-order valence-electron chi connectivity index (χ3n) is 1.69. The van der Waals surface area contributed by atoms with E-state index in [0.717, 1.165) is 32.1 Å².